The van der Waals surface area contributed by atoms with E-state index < -0.39 is 5.54 Å². The molecule has 0 radical (unpaired) electrons. The van der Waals surface area contributed by atoms with Gasteiger partial charge >= 0.3 is 5.97 Å². The molecule has 1 aromatic carbocycles. The first-order chi connectivity index (χ1) is 9.92. The predicted octanol–water partition coefficient (Wildman–Crippen LogP) is 4.14. The molecule has 118 valence electrons. The minimum absolute atomic E-state index is 0.196. The summed E-state index contributed by atoms with van der Waals surface area (Å²) in [4.78, 5) is 13.2. The van der Waals surface area contributed by atoms with E-state index in [1.165, 1.54) is 0 Å². The van der Waals surface area contributed by atoms with Gasteiger partial charge in [0.05, 0.1) is 11.6 Å². The fraction of sp³-hybridized carbons (Fsp3) is 0.562. The maximum Gasteiger partial charge on any atom is 0.326 e. The first-order valence-electron chi connectivity index (χ1n) is 7.26. The van der Waals surface area contributed by atoms with E-state index in [9.17, 15) is 4.79 Å². The summed E-state index contributed by atoms with van der Waals surface area (Å²) in [6.07, 6.45) is 0.676. The Morgan fingerprint density at radius 2 is 2.10 bits per heavy atom. The lowest BCUT2D eigenvalue weighted by Crippen LogP contribution is -2.51. The third-order valence-electron chi connectivity index (χ3n) is 3.15. The molecule has 0 aliphatic rings. The Morgan fingerprint density at radius 1 is 1.43 bits per heavy atom. The van der Waals surface area contributed by atoms with E-state index in [1.54, 1.807) is 11.8 Å². The molecule has 1 N–H and O–H groups in total. The molecule has 2 unspecified atom stereocenters. The number of nitrogens with one attached hydrogen (secondary N) is 1. The van der Waals surface area contributed by atoms with Crippen LogP contribution in [0.1, 0.15) is 34.1 Å². The summed E-state index contributed by atoms with van der Waals surface area (Å²) in [5.41, 5.74) is -0.668. The zero-order chi connectivity index (χ0) is 15.9. The van der Waals surface area contributed by atoms with E-state index in [0.29, 0.717) is 13.0 Å². The van der Waals surface area contributed by atoms with E-state index in [-0.39, 0.29) is 11.2 Å². The van der Waals surface area contributed by atoms with Crippen molar-refractivity contribution in [2.75, 3.05) is 13.2 Å². The fourth-order valence-corrected chi connectivity index (χ4v) is 3.74. The number of ether oxygens (including phenoxy) is 1. The number of halogens is 1. The monoisotopic (exact) mass is 329 g/mol. The molecule has 0 saturated carbocycles. The lowest BCUT2D eigenvalue weighted by Gasteiger charge is -2.30. The Hall–Kier alpha value is -0.710. The van der Waals surface area contributed by atoms with Crippen molar-refractivity contribution in [2.24, 2.45) is 0 Å². The standard InChI is InChI=1S/C16H24ClNO2S/c1-5-18-16(4,15(19)20-6-2)11-12(3)21-14-10-8-7-9-13(14)17/h7-10,12,18H,5-6,11H2,1-4H3. The summed E-state index contributed by atoms with van der Waals surface area (Å²) in [6.45, 7) is 8.93. The van der Waals surface area contributed by atoms with Crippen molar-refractivity contribution in [1.82, 2.24) is 5.32 Å². The molecule has 21 heavy (non-hydrogen) atoms. The van der Waals surface area contributed by atoms with Crippen molar-refractivity contribution in [3.8, 4) is 0 Å². The molecule has 1 aromatic rings. The zero-order valence-electron chi connectivity index (χ0n) is 13.1. The molecular weight excluding hydrogens is 306 g/mol. The molecule has 0 spiro atoms. The van der Waals surface area contributed by atoms with Gasteiger partial charge in [-0.2, -0.15) is 0 Å². The second-order valence-corrected chi connectivity index (χ2v) is 7.03. The topological polar surface area (TPSA) is 38.3 Å². The summed E-state index contributed by atoms with van der Waals surface area (Å²) in [6, 6.07) is 7.76. The lowest BCUT2D eigenvalue weighted by atomic mass is 9.96. The second-order valence-electron chi connectivity index (χ2n) is 5.15. The number of thioether (sulfide) groups is 1. The van der Waals surface area contributed by atoms with E-state index in [0.717, 1.165) is 16.5 Å². The summed E-state index contributed by atoms with van der Waals surface area (Å²) in [7, 11) is 0. The van der Waals surface area contributed by atoms with Crippen molar-refractivity contribution >= 4 is 29.3 Å². The van der Waals surface area contributed by atoms with Gasteiger partial charge in [0, 0.05) is 10.1 Å². The van der Waals surface area contributed by atoms with Gasteiger partial charge in [-0.3, -0.25) is 4.79 Å². The van der Waals surface area contributed by atoms with E-state index in [1.807, 2.05) is 45.0 Å². The van der Waals surface area contributed by atoms with E-state index in [4.69, 9.17) is 16.3 Å². The molecular formula is C16H24ClNO2S. The number of hydrogen-bond acceptors (Lipinski definition) is 4. The SMILES string of the molecule is CCNC(C)(CC(C)Sc1ccccc1Cl)C(=O)OCC. The molecule has 0 aliphatic carbocycles. The highest BCUT2D eigenvalue weighted by Gasteiger charge is 2.35. The molecule has 0 bridgehead atoms. The van der Waals surface area contributed by atoms with Crippen LogP contribution in [0.15, 0.2) is 29.2 Å². The maximum atomic E-state index is 12.2. The minimum atomic E-state index is -0.668. The van der Waals surface area contributed by atoms with Crippen molar-refractivity contribution in [2.45, 2.75) is 49.8 Å². The second kappa shape index (κ2) is 8.66. The Morgan fingerprint density at radius 3 is 2.67 bits per heavy atom. The molecule has 0 heterocycles. The molecule has 2 atom stereocenters. The van der Waals surface area contributed by atoms with Crippen LogP contribution in [0.2, 0.25) is 5.02 Å². The van der Waals surface area contributed by atoms with Crippen LogP contribution < -0.4 is 5.32 Å². The summed E-state index contributed by atoms with van der Waals surface area (Å²) >= 11 is 7.86. The third-order valence-corrected chi connectivity index (χ3v) is 4.77. The normalized spacial score (nSPS) is 15.3. The minimum Gasteiger partial charge on any atom is -0.465 e. The van der Waals surface area contributed by atoms with Crippen LogP contribution in [-0.2, 0) is 9.53 Å². The number of carbonyl (C=O) groups is 1. The van der Waals surface area contributed by atoms with Crippen molar-refractivity contribution in [3.63, 3.8) is 0 Å². The lowest BCUT2D eigenvalue weighted by molar-refractivity contribution is -0.150. The van der Waals surface area contributed by atoms with Crippen LogP contribution in [0.5, 0.6) is 0 Å². The van der Waals surface area contributed by atoms with Gasteiger partial charge in [-0.1, -0.05) is 37.6 Å². The van der Waals surface area contributed by atoms with E-state index in [2.05, 4.69) is 12.2 Å². The molecule has 0 amide bonds. The number of rotatable bonds is 8. The van der Waals surface area contributed by atoms with Gasteiger partial charge in [-0.05, 0) is 38.9 Å². The van der Waals surface area contributed by atoms with Crippen LogP contribution in [0.25, 0.3) is 0 Å². The van der Waals surface area contributed by atoms with Crippen molar-refractivity contribution in [1.29, 1.82) is 0 Å². The van der Waals surface area contributed by atoms with Crippen LogP contribution in [0.4, 0.5) is 0 Å². The Balaban J connectivity index is 2.74. The highest BCUT2D eigenvalue weighted by atomic mass is 35.5. The van der Waals surface area contributed by atoms with Gasteiger partial charge in [-0.25, -0.2) is 0 Å². The van der Waals surface area contributed by atoms with Crippen molar-refractivity contribution in [3.05, 3.63) is 29.3 Å². The number of carbonyl (C=O) groups excluding carboxylic acids is 1. The molecule has 0 saturated heterocycles. The van der Waals surface area contributed by atoms with Gasteiger partial charge in [0.2, 0.25) is 0 Å². The van der Waals surface area contributed by atoms with Gasteiger partial charge in [0.25, 0.3) is 0 Å². The summed E-state index contributed by atoms with van der Waals surface area (Å²) < 4.78 is 5.20. The fourth-order valence-electron chi connectivity index (χ4n) is 2.28. The molecule has 0 fully saturated rings. The Labute approximate surface area is 136 Å². The number of benzene rings is 1. The first-order valence-corrected chi connectivity index (χ1v) is 8.52. The number of hydrogen-bond donors (Lipinski definition) is 1. The van der Waals surface area contributed by atoms with Gasteiger partial charge in [0.1, 0.15) is 5.54 Å². The van der Waals surface area contributed by atoms with Crippen molar-refractivity contribution < 1.29 is 9.53 Å². The van der Waals surface area contributed by atoms with Gasteiger partial charge < -0.3 is 10.1 Å². The Bertz CT molecular complexity index is 469. The molecule has 3 nitrogen and oxygen atoms in total. The predicted molar refractivity (Wildman–Crippen MR) is 90.1 cm³/mol. The average Bonchev–Trinajstić information content (AvgIpc) is 2.41. The smallest absolute Gasteiger partial charge is 0.326 e. The van der Waals surface area contributed by atoms with Crippen LogP contribution >= 0.6 is 23.4 Å². The number of likely N-dealkylation sites (N-methyl/N-ethyl adjacent to an activating group) is 1. The molecule has 0 aliphatic heterocycles. The highest BCUT2D eigenvalue weighted by molar-refractivity contribution is 8.00. The van der Waals surface area contributed by atoms with Crippen LogP contribution in [0, 0.1) is 0 Å². The summed E-state index contributed by atoms with van der Waals surface area (Å²) in [5.74, 6) is -0.196. The van der Waals surface area contributed by atoms with Crippen LogP contribution in [-0.4, -0.2) is 29.9 Å². The molecule has 1 rings (SSSR count). The highest BCUT2D eigenvalue weighted by Crippen LogP contribution is 2.33. The average molecular weight is 330 g/mol. The maximum absolute atomic E-state index is 12.2. The quantitative estimate of drug-likeness (QED) is 0.574. The molecule has 0 aromatic heterocycles. The number of esters is 1. The zero-order valence-corrected chi connectivity index (χ0v) is 14.7. The van der Waals surface area contributed by atoms with Gasteiger partial charge in [0.15, 0.2) is 0 Å². The Kier molecular flexibility index (Phi) is 7.57. The van der Waals surface area contributed by atoms with E-state index >= 15 is 0 Å². The third kappa shape index (κ3) is 5.53. The van der Waals surface area contributed by atoms with Gasteiger partial charge in [-0.15, -0.1) is 11.8 Å². The first kappa shape index (κ1) is 18.3. The van der Waals surface area contributed by atoms with Crippen LogP contribution in [0.3, 0.4) is 0 Å². The molecule has 5 heteroatoms. The largest absolute Gasteiger partial charge is 0.465 e. The summed E-state index contributed by atoms with van der Waals surface area (Å²) in [5, 5.41) is 4.23.